The number of hydrogen-bond donors (Lipinski definition) is 1. The third-order valence-electron chi connectivity index (χ3n) is 3.68. The molecule has 0 atom stereocenters. The number of carbonyl (C=O) groups is 1. The van der Waals surface area contributed by atoms with E-state index >= 15 is 0 Å². The fourth-order valence-electron chi connectivity index (χ4n) is 2.52. The minimum atomic E-state index is -0.346. The predicted molar refractivity (Wildman–Crippen MR) is 75.1 cm³/mol. The Morgan fingerprint density at radius 3 is 2.50 bits per heavy atom. The lowest BCUT2D eigenvalue weighted by molar-refractivity contribution is 0.0899. The summed E-state index contributed by atoms with van der Waals surface area (Å²) in [5.41, 5.74) is -0.346. The summed E-state index contributed by atoms with van der Waals surface area (Å²) in [7, 11) is 1.39. The van der Waals surface area contributed by atoms with Crippen LogP contribution in [0.15, 0.2) is 21.5 Å². The van der Waals surface area contributed by atoms with E-state index in [0.29, 0.717) is 0 Å². The number of ether oxygens (including phenoxy) is 1. The van der Waals surface area contributed by atoms with Gasteiger partial charge < -0.3 is 14.5 Å². The van der Waals surface area contributed by atoms with Crippen LogP contribution in [-0.2, 0) is 0 Å². The molecule has 1 fully saturated rings. The molecule has 0 aromatic carbocycles. The third kappa shape index (κ3) is 3.85. The summed E-state index contributed by atoms with van der Waals surface area (Å²) in [6.45, 7) is 0. The number of nitrogens with one attached hydrogen (secondary N) is 1. The van der Waals surface area contributed by atoms with E-state index in [9.17, 15) is 9.59 Å². The SMILES string of the molecule is COc1coc(C(=O)NC2CCCCCCC2)cc1=O. The predicted octanol–water partition coefficient (Wildman–Crippen LogP) is 2.49. The van der Waals surface area contributed by atoms with Crippen LogP contribution in [0.3, 0.4) is 0 Å². The van der Waals surface area contributed by atoms with Gasteiger partial charge in [0.05, 0.1) is 7.11 Å². The molecule has 1 saturated carbocycles. The quantitative estimate of drug-likeness (QED) is 0.923. The van der Waals surface area contributed by atoms with E-state index in [4.69, 9.17) is 9.15 Å². The number of methoxy groups -OCH3 is 1. The highest BCUT2D eigenvalue weighted by Gasteiger charge is 2.17. The highest BCUT2D eigenvalue weighted by Crippen LogP contribution is 2.17. The van der Waals surface area contributed by atoms with Gasteiger partial charge >= 0.3 is 0 Å². The van der Waals surface area contributed by atoms with Crippen LogP contribution < -0.4 is 15.5 Å². The second-order valence-corrected chi connectivity index (χ2v) is 5.19. The number of amides is 1. The van der Waals surface area contributed by atoms with E-state index in [-0.39, 0.29) is 28.9 Å². The summed E-state index contributed by atoms with van der Waals surface area (Å²) in [6, 6.07) is 1.35. The first-order valence-electron chi connectivity index (χ1n) is 7.18. The molecule has 110 valence electrons. The third-order valence-corrected chi connectivity index (χ3v) is 3.68. The number of rotatable bonds is 3. The first-order valence-corrected chi connectivity index (χ1v) is 7.18. The molecule has 5 nitrogen and oxygen atoms in total. The van der Waals surface area contributed by atoms with Crippen molar-refractivity contribution in [1.29, 1.82) is 0 Å². The maximum Gasteiger partial charge on any atom is 0.287 e. The van der Waals surface area contributed by atoms with Gasteiger partial charge in [-0.05, 0) is 12.8 Å². The monoisotopic (exact) mass is 279 g/mol. The fraction of sp³-hybridized carbons (Fsp3) is 0.600. The molecule has 1 aromatic rings. The topological polar surface area (TPSA) is 68.5 Å². The van der Waals surface area contributed by atoms with Gasteiger partial charge in [0.25, 0.3) is 5.91 Å². The molecule has 1 aliphatic carbocycles. The first kappa shape index (κ1) is 14.6. The van der Waals surface area contributed by atoms with Crippen LogP contribution in [-0.4, -0.2) is 19.1 Å². The van der Waals surface area contributed by atoms with Crippen LogP contribution in [0.1, 0.15) is 55.5 Å². The molecule has 1 aliphatic rings. The molecule has 0 saturated heterocycles. The van der Waals surface area contributed by atoms with Crippen molar-refractivity contribution in [1.82, 2.24) is 5.32 Å². The van der Waals surface area contributed by atoms with E-state index in [1.165, 1.54) is 38.7 Å². The Labute approximate surface area is 118 Å². The second kappa shape index (κ2) is 7.12. The molecule has 5 heteroatoms. The zero-order chi connectivity index (χ0) is 14.4. The van der Waals surface area contributed by atoms with Gasteiger partial charge in [-0.15, -0.1) is 0 Å². The summed E-state index contributed by atoms with van der Waals surface area (Å²) in [5, 5.41) is 2.96. The fourth-order valence-corrected chi connectivity index (χ4v) is 2.52. The van der Waals surface area contributed by atoms with Crippen LogP contribution in [0, 0.1) is 0 Å². The van der Waals surface area contributed by atoms with Crippen LogP contribution in [0.4, 0.5) is 0 Å². The standard InChI is InChI=1S/C15H21NO4/c1-19-14-10-20-13(9-12(14)17)15(18)16-11-7-5-3-2-4-6-8-11/h9-11H,2-8H2,1H3,(H,16,18). The average Bonchev–Trinajstić information content (AvgIpc) is 2.41. The molecule has 1 amide bonds. The van der Waals surface area contributed by atoms with Crippen molar-refractivity contribution < 1.29 is 13.9 Å². The van der Waals surface area contributed by atoms with Crippen molar-refractivity contribution in [3.05, 3.63) is 28.3 Å². The van der Waals surface area contributed by atoms with Crippen molar-refractivity contribution in [3.63, 3.8) is 0 Å². The van der Waals surface area contributed by atoms with Gasteiger partial charge in [-0.3, -0.25) is 9.59 Å². The van der Waals surface area contributed by atoms with Gasteiger partial charge in [0, 0.05) is 12.1 Å². The molecular weight excluding hydrogens is 258 g/mol. The lowest BCUT2D eigenvalue weighted by Crippen LogP contribution is -2.35. The summed E-state index contributed by atoms with van der Waals surface area (Å²) in [6.07, 6.45) is 9.17. The lowest BCUT2D eigenvalue weighted by atomic mass is 9.96. The normalized spacial score (nSPS) is 17.1. The van der Waals surface area contributed by atoms with E-state index < -0.39 is 0 Å². The molecule has 0 spiro atoms. The van der Waals surface area contributed by atoms with Gasteiger partial charge in [0.2, 0.25) is 11.2 Å². The molecule has 0 radical (unpaired) electrons. The average molecular weight is 279 g/mol. The summed E-state index contributed by atoms with van der Waals surface area (Å²) in [5.74, 6) is -0.180. The van der Waals surface area contributed by atoms with E-state index in [0.717, 1.165) is 25.7 Å². The van der Waals surface area contributed by atoms with Gasteiger partial charge in [-0.1, -0.05) is 32.1 Å². The number of hydrogen-bond acceptors (Lipinski definition) is 4. The molecule has 0 bridgehead atoms. The maximum absolute atomic E-state index is 12.1. The van der Waals surface area contributed by atoms with E-state index in [2.05, 4.69) is 5.32 Å². The van der Waals surface area contributed by atoms with Crippen LogP contribution in [0.2, 0.25) is 0 Å². The van der Waals surface area contributed by atoms with Crippen molar-refractivity contribution in [3.8, 4) is 5.75 Å². The molecule has 2 rings (SSSR count). The van der Waals surface area contributed by atoms with Crippen LogP contribution in [0.25, 0.3) is 0 Å². The molecule has 1 N–H and O–H groups in total. The smallest absolute Gasteiger partial charge is 0.287 e. The highest BCUT2D eigenvalue weighted by atomic mass is 16.5. The summed E-state index contributed by atoms with van der Waals surface area (Å²) < 4.78 is 9.97. The Balaban J connectivity index is 1.99. The Hall–Kier alpha value is -1.78. The molecule has 0 aliphatic heterocycles. The molecule has 1 heterocycles. The number of carbonyl (C=O) groups excluding carboxylic acids is 1. The van der Waals surface area contributed by atoms with Gasteiger partial charge in [0.1, 0.15) is 6.26 Å². The Morgan fingerprint density at radius 2 is 1.90 bits per heavy atom. The lowest BCUT2D eigenvalue weighted by Gasteiger charge is -2.20. The zero-order valence-corrected chi connectivity index (χ0v) is 11.8. The van der Waals surface area contributed by atoms with E-state index in [1.807, 2.05) is 0 Å². The van der Waals surface area contributed by atoms with Crippen LogP contribution >= 0.6 is 0 Å². The minimum Gasteiger partial charge on any atom is -0.490 e. The minimum absolute atomic E-state index is 0.0397. The van der Waals surface area contributed by atoms with E-state index in [1.54, 1.807) is 0 Å². The largest absolute Gasteiger partial charge is 0.490 e. The molecule has 20 heavy (non-hydrogen) atoms. The Morgan fingerprint density at radius 1 is 1.25 bits per heavy atom. The summed E-state index contributed by atoms with van der Waals surface area (Å²) >= 11 is 0. The van der Waals surface area contributed by atoms with Gasteiger partial charge in [-0.25, -0.2) is 0 Å². The van der Waals surface area contributed by atoms with Crippen molar-refractivity contribution >= 4 is 5.91 Å². The Bertz CT molecular complexity index is 501. The zero-order valence-electron chi connectivity index (χ0n) is 11.8. The first-order chi connectivity index (χ1) is 9.70. The Kier molecular flexibility index (Phi) is 5.21. The maximum atomic E-state index is 12.1. The molecule has 0 unspecified atom stereocenters. The van der Waals surface area contributed by atoms with Crippen molar-refractivity contribution in [2.45, 2.75) is 51.0 Å². The summed E-state index contributed by atoms with van der Waals surface area (Å²) in [4.78, 5) is 23.7. The molecular formula is C15H21NO4. The highest BCUT2D eigenvalue weighted by molar-refractivity contribution is 5.91. The van der Waals surface area contributed by atoms with Crippen LogP contribution in [0.5, 0.6) is 5.75 Å². The van der Waals surface area contributed by atoms with Gasteiger partial charge in [-0.2, -0.15) is 0 Å². The second-order valence-electron chi connectivity index (χ2n) is 5.19. The van der Waals surface area contributed by atoms with Gasteiger partial charge in [0.15, 0.2) is 5.76 Å². The molecule has 1 aromatic heterocycles. The van der Waals surface area contributed by atoms with Crippen molar-refractivity contribution in [2.75, 3.05) is 7.11 Å². The van der Waals surface area contributed by atoms with Crippen molar-refractivity contribution in [2.24, 2.45) is 0 Å².